The first-order valence-corrected chi connectivity index (χ1v) is 4.70. The van der Waals surface area contributed by atoms with E-state index in [-0.39, 0.29) is 0 Å². The van der Waals surface area contributed by atoms with Gasteiger partial charge >= 0.3 is 0 Å². The highest BCUT2D eigenvalue weighted by atomic mass is 32.1. The first-order chi connectivity index (χ1) is 6.31. The Labute approximate surface area is 79.8 Å². The van der Waals surface area contributed by atoms with Gasteiger partial charge in [0, 0.05) is 18.0 Å². The standard InChI is InChI=1S/C8H10N4S/c1-5-7(12-9)13-8(11-5)6-2-3-10-4-6/h2-4,10,12H,9H2,1H3. The molecule has 2 aromatic rings. The van der Waals surface area contributed by atoms with Crippen molar-refractivity contribution < 1.29 is 0 Å². The van der Waals surface area contributed by atoms with Crippen LogP contribution in [0.1, 0.15) is 5.69 Å². The molecule has 0 radical (unpaired) electrons. The van der Waals surface area contributed by atoms with Crippen LogP contribution in [0, 0.1) is 6.92 Å². The molecule has 0 aliphatic carbocycles. The van der Waals surface area contributed by atoms with Gasteiger partial charge in [-0.25, -0.2) is 10.8 Å². The average molecular weight is 194 g/mol. The van der Waals surface area contributed by atoms with E-state index in [0.29, 0.717) is 0 Å². The molecular formula is C8H10N4S. The number of aryl methyl sites for hydroxylation is 1. The summed E-state index contributed by atoms with van der Waals surface area (Å²) >= 11 is 1.55. The zero-order chi connectivity index (χ0) is 9.26. The quantitative estimate of drug-likeness (QED) is 0.504. The molecule has 0 bridgehead atoms. The Bertz CT molecular complexity index is 390. The Kier molecular flexibility index (Phi) is 2.03. The number of nitrogens with two attached hydrogens (primary N) is 1. The Morgan fingerprint density at radius 1 is 1.62 bits per heavy atom. The van der Waals surface area contributed by atoms with Gasteiger partial charge in [0.25, 0.3) is 0 Å². The second-order valence-corrected chi connectivity index (χ2v) is 3.68. The summed E-state index contributed by atoms with van der Waals surface area (Å²) in [5.41, 5.74) is 4.65. The molecule has 0 saturated heterocycles. The molecule has 0 amide bonds. The fourth-order valence-electron chi connectivity index (χ4n) is 1.11. The van der Waals surface area contributed by atoms with Gasteiger partial charge in [0.15, 0.2) is 0 Å². The smallest absolute Gasteiger partial charge is 0.127 e. The van der Waals surface area contributed by atoms with Gasteiger partial charge in [-0.1, -0.05) is 11.3 Å². The van der Waals surface area contributed by atoms with Crippen molar-refractivity contribution in [1.82, 2.24) is 9.97 Å². The number of nitrogens with zero attached hydrogens (tertiary/aromatic N) is 1. The van der Waals surface area contributed by atoms with Crippen molar-refractivity contribution in [2.75, 3.05) is 5.43 Å². The maximum atomic E-state index is 5.33. The zero-order valence-corrected chi connectivity index (χ0v) is 7.98. The lowest BCUT2D eigenvalue weighted by molar-refractivity contribution is 1.24. The number of H-pyrrole nitrogens is 1. The van der Waals surface area contributed by atoms with Crippen molar-refractivity contribution in [3.05, 3.63) is 24.2 Å². The lowest BCUT2D eigenvalue weighted by Gasteiger charge is -1.90. The van der Waals surface area contributed by atoms with Crippen LogP contribution in [-0.4, -0.2) is 9.97 Å². The Morgan fingerprint density at radius 2 is 2.46 bits per heavy atom. The lowest BCUT2D eigenvalue weighted by Crippen LogP contribution is -2.05. The summed E-state index contributed by atoms with van der Waals surface area (Å²) in [6.07, 6.45) is 3.79. The molecule has 0 aliphatic heterocycles. The molecule has 2 rings (SSSR count). The topological polar surface area (TPSA) is 66.7 Å². The lowest BCUT2D eigenvalue weighted by atomic mass is 10.3. The first-order valence-electron chi connectivity index (χ1n) is 3.88. The van der Waals surface area contributed by atoms with Crippen molar-refractivity contribution in [2.45, 2.75) is 6.92 Å². The minimum Gasteiger partial charge on any atom is -0.367 e. The molecule has 2 heterocycles. The molecule has 0 unspecified atom stereocenters. The molecule has 5 heteroatoms. The van der Waals surface area contributed by atoms with Crippen LogP contribution in [0.3, 0.4) is 0 Å². The molecule has 4 N–H and O–H groups in total. The fourth-order valence-corrected chi connectivity index (χ4v) is 1.98. The van der Waals surface area contributed by atoms with E-state index in [1.54, 1.807) is 11.3 Å². The summed E-state index contributed by atoms with van der Waals surface area (Å²) in [6.45, 7) is 1.93. The third kappa shape index (κ3) is 1.43. The van der Waals surface area contributed by atoms with E-state index in [4.69, 9.17) is 5.84 Å². The number of nitrogen functional groups attached to an aromatic ring is 1. The number of hydrogen-bond donors (Lipinski definition) is 3. The molecule has 4 nitrogen and oxygen atoms in total. The van der Waals surface area contributed by atoms with Gasteiger partial charge in [0.2, 0.25) is 0 Å². The van der Waals surface area contributed by atoms with Gasteiger partial charge in [0.1, 0.15) is 10.0 Å². The molecule has 13 heavy (non-hydrogen) atoms. The summed E-state index contributed by atoms with van der Waals surface area (Å²) in [5.74, 6) is 5.33. The molecule has 2 aromatic heterocycles. The second kappa shape index (κ2) is 3.20. The Hall–Kier alpha value is -1.33. The fraction of sp³-hybridized carbons (Fsp3) is 0.125. The highest BCUT2D eigenvalue weighted by molar-refractivity contribution is 7.19. The largest absolute Gasteiger partial charge is 0.367 e. The van der Waals surface area contributed by atoms with Crippen LogP contribution < -0.4 is 11.3 Å². The van der Waals surface area contributed by atoms with Crippen molar-refractivity contribution in [3.63, 3.8) is 0 Å². The summed E-state index contributed by atoms with van der Waals surface area (Å²) in [4.78, 5) is 7.37. The first kappa shape index (κ1) is 8.28. The normalized spacial score (nSPS) is 10.3. The molecule has 0 spiro atoms. The van der Waals surface area contributed by atoms with Crippen LogP contribution in [0.15, 0.2) is 18.5 Å². The van der Waals surface area contributed by atoms with E-state index >= 15 is 0 Å². The highest BCUT2D eigenvalue weighted by Crippen LogP contribution is 2.30. The number of hydrazine groups is 1. The van der Waals surface area contributed by atoms with E-state index < -0.39 is 0 Å². The number of anilines is 1. The van der Waals surface area contributed by atoms with E-state index in [1.807, 2.05) is 25.4 Å². The third-order valence-corrected chi connectivity index (χ3v) is 2.91. The monoisotopic (exact) mass is 194 g/mol. The van der Waals surface area contributed by atoms with E-state index in [1.165, 1.54) is 0 Å². The number of thiazole rings is 1. The average Bonchev–Trinajstić information content (AvgIpc) is 2.71. The third-order valence-electron chi connectivity index (χ3n) is 1.77. The predicted molar refractivity (Wildman–Crippen MR) is 54.4 cm³/mol. The summed E-state index contributed by atoms with van der Waals surface area (Å²) in [5, 5.41) is 1.89. The Morgan fingerprint density at radius 3 is 3.00 bits per heavy atom. The maximum Gasteiger partial charge on any atom is 0.127 e. The van der Waals surface area contributed by atoms with Crippen LogP contribution >= 0.6 is 11.3 Å². The molecule has 0 saturated carbocycles. The van der Waals surface area contributed by atoms with Crippen molar-refractivity contribution in [3.8, 4) is 10.6 Å². The SMILES string of the molecule is Cc1nc(-c2cc[nH]c2)sc1NN. The molecule has 0 atom stereocenters. The van der Waals surface area contributed by atoms with Crippen LogP contribution in [0.5, 0.6) is 0 Å². The summed E-state index contributed by atoms with van der Waals surface area (Å²) in [6, 6.07) is 1.98. The van der Waals surface area contributed by atoms with Gasteiger partial charge in [-0.2, -0.15) is 0 Å². The predicted octanol–water partition coefficient (Wildman–Crippen LogP) is 1.73. The van der Waals surface area contributed by atoms with Crippen molar-refractivity contribution in [2.24, 2.45) is 5.84 Å². The van der Waals surface area contributed by atoms with Crippen molar-refractivity contribution in [1.29, 1.82) is 0 Å². The van der Waals surface area contributed by atoms with Crippen LogP contribution in [0.25, 0.3) is 10.6 Å². The van der Waals surface area contributed by atoms with Crippen LogP contribution in [0.4, 0.5) is 5.00 Å². The summed E-state index contributed by atoms with van der Waals surface area (Å²) in [7, 11) is 0. The molecule has 68 valence electrons. The van der Waals surface area contributed by atoms with Crippen molar-refractivity contribution >= 4 is 16.3 Å². The van der Waals surface area contributed by atoms with Gasteiger partial charge < -0.3 is 10.4 Å². The number of hydrogen-bond acceptors (Lipinski definition) is 4. The maximum absolute atomic E-state index is 5.33. The number of aromatic amines is 1. The highest BCUT2D eigenvalue weighted by Gasteiger charge is 2.07. The van der Waals surface area contributed by atoms with Crippen LogP contribution in [-0.2, 0) is 0 Å². The summed E-state index contributed by atoms with van der Waals surface area (Å²) < 4.78 is 0. The van der Waals surface area contributed by atoms with Crippen LogP contribution in [0.2, 0.25) is 0 Å². The van der Waals surface area contributed by atoms with E-state index in [0.717, 1.165) is 21.3 Å². The van der Waals surface area contributed by atoms with Gasteiger partial charge in [-0.15, -0.1) is 0 Å². The minimum atomic E-state index is 0.913. The second-order valence-electron chi connectivity index (χ2n) is 2.68. The minimum absolute atomic E-state index is 0.913. The van der Waals surface area contributed by atoms with E-state index in [9.17, 15) is 0 Å². The van der Waals surface area contributed by atoms with Gasteiger partial charge in [-0.3, -0.25) is 0 Å². The molecule has 0 fully saturated rings. The van der Waals surface area contributed by atoms with E-state index in [2.05, 4.69) is 15.4 Å². The van der Waals surface area contributed by atoms with Gasteiger partial charge in [0.05, 0.1) is 5.69 Å². The van der Waals surface area contributed by atoms with Gasteiger partial charge in [-0.05, 0) is 13.0 Å². The molecule has 0 aromatic carbocycles. The number of rotatable bonds is 2. The number of nitrogens with one attached hydrogen (secondary N) is 2. The molecule has 0 aliphatic rings. The zero-order valence-electron chi connectivity index (χ0n) is 7.16. The number of aromatic nitrogens is 2. The molecular weight excluding hydrogens is 184 g/mol. The Balaban J connectivity index is 2.43.